The first kappa shape index (κ1) is 15.7. The first-order valence-corrected chi connectivity index (χ1v) is 7.83. The number of halogens is 4. The van der Waals surface area contributed by atoms with Crippen LogP contribution >= 0.6 is 63.7 Å². The van der Waals surface area contributed by atoms with Crippen molar-refractivity contribution >= 4 is 83.0 Å². The molecule has 0 N–H and O–H groups in total. The molecule has 2 radical (unpaired) electrons. The highest BCUT2D eigenvalue weighted by Gasteiger charge is 2.17. The van der Waals surface area contributed by atoms with Gasteiger partial charge < -0.3 is 4.74 Å². The minimum absolute atomic E-state index is 0.171. The van der Waals surface area contributed by atoms with Crippen LogP contribution in [0, 0.1) is 0 Å². The molecule has 0 aliphatic heterocycles. The van der Waals surface area contributed by atoms with Gasteiger partial charge in [0.2, 0.25) is 0 Å². The zero-order valence-electron chi connectivity index (χ0n) is 8.82. The molecule has 1 aromatic carbocycles. The van der Waals surface area contributed by atoms with Gasteiger partial charge in [-0.05, 0) is 31.9 Å². The average Bonchev–Trinajstić information content (AvgIpc) is 2.33. The summed E-state index contributed by atoms with van der Waals surface area (Å²) in [7, 11) is 5.91. The van der Waals surface area contributed by atoms with E-state index in [1.807, 2.05) is 0 Å². The molecule has 0 bridgehead atoms. The maximum absolute atomic E-state index is 11.1. The Morgan fingerprint density at radius 2 is 1.71 bits per heavy atom. The Kier molecular flexibility index (Phi) is 6.23. The van der Waals surface area contributed by atoms with Gasteiger partial charge in [0.15, 0.2) is 0 Å². The van der Waals surface area contributed by atoms with Crippen LogP contribution in [0.15, 0.2) is 17.9 Å². The lowest BCUT2D eigenvalue weighted by Gasteiger charge is -2.14. The van der Waals surface area contributed by atoms with Crippen LogP contribution in [0.4, 0.5) is 0 Å². The number of esters is 1. The molecule has 0 aliphatic carbocycles. The lowest BCUT2D eigenvalue weighted by atomic mass is 9.94. The smallest absolute Gasteiger partial charge is 0.305 e. The van der Waals surface area contributed by atoms with E-state index in [1.54, 1.807) is 6.92 Å². The molecule has 90 valence electrons. The largest absolute Gasteiger partial charge is 0.461 e. The van der Waals surface area contributed by atoms with Gasteiger partial charge in [-0.15, -0.1) is 0 Å². The van der Waals surface area contributed by atoms with Crippen LogP contribution in [0.25, 0.3) is 0 Å². The Bertz CT molecular complexity index is 433. The molecule has 1 rings (SSSR count). The topological polar surface area (TPSA) is 26.3 Å². The molecule has 0 unspecified atom stereocenters. The average molecular weight is 490 g/mol. The quantitative estimate of drug-likeness (QED) is 0.278. The van der Waals surface area contributed by atoms with Crippen molar-refractivity contribution in [3.63, 3.8) is 0 Å². The van der Waals surface area contributed by atoms with E-state index in [-0.39, 0.29) is 12.6 Å². The zero-order valence-corrected chi connectivity index (χ0v) is 15.2. The molecule has 0 saturated carbocycles. The maximum atomic E-state index is 11.1. The summed E-state index contributed by atoms with van der Waals surface area (Å²) in [5.74, 6) is -0.249. The van der Waals surface area contributed by atoms with E-state index < -0.39 is 0 Å². The maximum Gasteiger partial charge on any atom is 0.305 e. The fourth-order valence-electron chi connectivity index (χ4n) is 1.08. The summed E-state index contributed by atoms with van der Waals surface area (Å²) in [4.78, 5) is 11.1. The number of benzene rings is 1. The molecule has 17 heavy (non-hydrogen) atoms. The number of hydrogen-bond acceptors (Lipinski definition) is 2. The summed E-state index contributed by atoms with van der Waals surface area (Å²) in [6.07, 6.45) is 0.350. The predicted octanol–water partition coefficient (Wildman–Crippen LogP) is 3.98. The van der Waals surface area contributed by atoms with E-state index in [2.05, 4.69) is 63.7 Å². The lowest BCUT2D eigenvalue weighted by Crippen LogP contribution is -2.13. The van der Waals surface area contributed by atoms with Crippen LogP contribution in [0.1, 0.15) is 18.9 Å². The van der Waals surface area contributed by atoms with Gasteiger partial charge in [0.25, 0.3) is 0 Å². The molecule has 0 spiro atoms. The van der Waals surface area contributed by atoms with E-state index in [0.717, 1.165) is 19.0 Å². The molecule has 0 heterocycles. The molecule has 2 nitrogen and oxygen atoms in total. The molecule has 0 aliphatic rings. The second-order valence-corrected chi connectivity index (χ2v) is 6.33. The minimum Gasteiger partial charge on any atom is -0.461 e. The monoisotopic (exact) mass is 486 g/mol. The summed E-state index contributed by atoms with van der Waals surface area (Å²) >= 11 is 13.6. The van der Waals surface area contributed by atoms with Crippen molar-refractivity contribution in [1.29, 1.82) is 0 Å². The van der Waals surface area contributed by atoms with Crippen LogP contribution in [0.2, 0.25) is 0 Å². The summed E-state index contributed by atoms with van der Waals surface area (Å²) in [6, 6.07) is 0. The molecule has 1 aromatic rings. The Morgan fingerprint density at radius 1 is 1.12 bits per heavy atom. The Hall–Kier alpha value is 0.675. The van der Waals surface area contributed by atoms with Crippen LogP contribution in [-0.2, 0) is 16.1 Å². The van der Waals surface area contributed by atoms with E-state index >= 15 is 0 Å². The standard InChI is InChI=1S/C10H7BBr4O2/c1-2-5(16)17-3-4-7(12)6(11)9(14)10(15)8(4)13/h2-3H2,1H3. The molecule has 0 fully saturated rings. The number of carbonyl (C=O) groups is 1. The summed E-state index contributed by atoms with van der Waals surface area (Å²) in [5.41, 5.74) is 1.35. The third-order valence-electron chi connectivity index (χ3n) is 2.05. The van der Waals surface area contributed by atoms with Crippen molar-refractivity contribution in [2.75, 3.05) is 0 Å². The van der Waals surface area contributed by atoms with E-state index in [4.69, 9.17) is 12.6 Å². The zero-order chi connectivity index (χ0) is 13.2. The molecular formula is C10H7BBr4O2. The summed E-state index contributed by atoms with van der Waals surface area (Å²) in [6.45, 7) is 1.92. The van der Waals surface area contributed by atoms with Gasteiger partial charge in [0.05, 0.1) is 0 Å². The van der Waals surface area contributed by atoms with Gasteiger partial charge >= 0.3 is 5.97 Å². The fraction of sp³-hybridized carbons (Fsp3) is 0.300. The third kappa shape index (κ3) is 3.58. The highest BCUT2D eigenvalue weighted by Crippen LogP contribution is 2.36. The molecule has 0 aromatic heterocycles. The third-order valence-corrected chi connectivity index (χ3v) is 6.52. The lowest BCUT2D eigenvalue weighted by molar-refractivity contribution is -0.144. The van der Waals surface area contributed by atoms with Crippen molar-refractivity contribution < 1.29 is 9.53 Å². The van der Waals surface area contributed by atoms with Crippen LogP contribution in [0.5, 0.6) is 0 Å². The fourth-order valence-corrected chi connectivity index (χ4v) is 3.75. The second-order valence-electron chi connectivity index (χ2n) is 3.16. The Balaban J connectivity index is 3.12. The molecule has 7 heteroatoms. The van der Waals surface area contributed by atoms with E-state index in [0.29, 0.717) is 16.4 Å². The van der Waals surface area contributed by atoms with Gasteiger partial charge in [0.1, 0.15) is 14.5 Å². The first-order valence-electron chi connectivity index (χ1n) is 4.66. The molecule has 0 saturated heterocycles. The molecule has 0 amide bonds. The predicted molar refractivity (Wildman–Crippen MR) is 82.7 cm³/mol. The van der Waals surface area contributed by atoms with Crippen LogP contribution < -0.4 is 5.46 Å². The second kappa shape index (κ2) is 6.73. The van der Waals surface area contributed by atoms with Gasteiger partial charge in [-0.3, -0.25) is 4.79 Å². The SMILES string of the molecule is [B]c1c(Br)c(Br)c(Br)c(COC(=O)CC)c1Br. The first-order chi connectivity index (χ1) is 7.90. The number of ether oxygens (including phenoxy) is 1. The van der Waals surface area contributed by atoms with Crippen molar-refractivity contribution in [1.82, 2.24) is 0 Å². The summed E-state index contributed by atoms with van der Waals surface area (Å²) in [5, 5.41) is 0. The highest BCUT2D eigenvalue weighted by molar-refractivity contribution is 9.14. The van der Waals surface area contributed by atoms with E-state index in [9.17, 15) is 4.79 Å². The molecular weight excluding hydrogens is 483 g/mol. The molecule has 0 atom stereocenters. The van der Waals surface area contributed by atoms with Crippen molar-refractivity contribution in [3.8, 4) is 0 Å². The minimum atomic E-state index is -0.249. The van der Waals surface area contributed by atoms with Crippen molar-refractivity contribution in [2.45, 2.75) is 20.0 Å². The van der Waals surface area contributed by atoms with Crippen molar-refractivity contribution in [3.05, 3.63) is 23.5 Å². The van der Waals surface area contributed by atoms with E-state index in [1.165, 1.54) is 0 Å². The Morgan fingerprint density at radius 3 is 2.24 bits per heavy atom. The number of rotatable bonds is 3. The van der Waals surface area contributed by atoms with Gasteiger partial charge in [-0.1, -0.05) is 44.2 Å². The Labute approximate surface area is 135 Å². The van der Waals surface area contributed by atoms with Crippen LogP contribution in [-0.4, -0.2) is 13.8 Å². The van der Waals surface area contributed by atoms with Gasteiger partial charge in [-0.2, -0.15) is 0 Å². The van der Waals surface area contributed by atoms with Crippen molar-refractivity contribution in [2.24, 2.45) is 0 Å². The summed E-state index contributed by atoms with van der Waals surface area (Å²) < 4.78 is 8.15. The normalized spacial score (nSPS) is 10.4. The van der Waals surface area contributed by atoms with Crippen LogP contribution in [0.3, 0.4) is 0 Å². The number of carbonyl (C=O) groups excluding carboxylic acids is 1. The number of hydrogen-bond donors (Lipinski definition) is 0. The highest BCUT2D eigenvalue weighted by atomic mass is 79.9. The van der Waals surface area contributed by atoms with Gasteiger partial charge in [-0.25, -0.2) is 0 Å². The van der Waals surface area contributed by atoms with Gasteiger partial charge in [0, 0.05) is 29.9 Å².